The topological polar surface area (TPSA) is 21.7 Å². The van der Waals surface area contributed by atoms with E-state index in [0.29, 0.717) is 0 Å². The van der Waals surface area contributed by atoms with Gasteiger partial charge in [0.05, 0.1) is 13.2 Å². The Hall–Kier alpha value is -1.22. The third-order valence-electron chi connectivity index (χ3n) is 2.50. The maximum absolute atomic E-state index is 5.51. The van der Waals surface area contributed by atoms with E-state index in [1.807, 2.05) is 19.1 Å². The van der Waals surface area contributed by atoms with Crippen molar-refractivity contribution < 1.29 is 9.47 Å². The summed E-state index contributed by atoms with van der Waals surface area (Å²) < 4.78 is 10.6. The van der Waals surface area contributed by atoms with Crippen LogP contribution in [0, 0.1) is 0 Å². The standard InChI is InChI=1S/C13H21NO2/c1-5-16-11(2)10-14(3)12-6-8-13(15-4)9-7-12/h6-9,11H,5,10H2,1-4H3. The first-order valence-electron chi connectivity index (χ1n) is 5.64. The van der Waals surface area contributed by atoms with Gasteiger partial charge in [-0.1, -0.05) is 0 Å². The minimum Gasteiger partial charge on any atom is -0.497 e. The fourth-order valence-corrected chi connectivity index (χ4v) is 1.66. The van der Waals surface area contributed by atoms with Crippen LogP contribution in [0.25, 0.3) is 0 Å². The van der Waals surface area contributed by atoms with Gasteiger partial charge in [0.25, 0.3) is 0 Å². The van der Waals surface area contributed by atoms with Gasteiger partial charge in [-0.3, -0.25) is 0 Å². The summed E-state index contributed by atoms with van der Waals surface area (Å²) in [5.41, 5.74) is 1.17. The Labute approximate surface area is 98.0 Å². The molecular weight excluding hydrogens is 202 g/mol. The third kappa shape index (κ3) is 3.74. The lowest BCUT2D eigenvalue weighted by molar-refractivity contribution is 0.0818. The molecule has 1 atom stereocenters. The highest BCUT2D eigenvalue weighted by Gasteiger charge is 2.06. The molecule has 0 bridgehead atoms. The zero-order valence-electron chi connectivity index (χ0n) is 10.6. The highest BCUT2D eigenvalue weighted by molar-refractivity contribution is 5.48. The lowest BCUT2D eigenvalue weighted by Gasteiger charge is -2.23. The van der Waals surface area contributed by atoms with Gasteiger partial charge in [-0.15, -0.1) is 0 Å². The molecule has 1 unspecified atom stereocenters. The first kappa shape index (κ1) is 12.8. The highest BCUT2D eigenvalue weighted by Crippen LogP contribution is 2.18. The number of ether oxygens (including phenoxy) is 2. The second kappa shape index (κ2) is 6.38. The van der Waals surface area contributed by atoms with E-state index in [9.17, 15) is 0 Å². The minimum absolute atomic E-state index is 0.247. The van der Waals surface area contributed by atoms with Gasteiger partial charge in [0.15, 0.2) is 0 Å². The van der Waals surface area contributed by atoms with Crippen LogP contribution in [0.3, 0.4) is 0 Å². The summed E-state index contributed by atoms with van der Waals surface area (Å²) in [6.45, 7) is 5.76. The van der Waals surface area contributed by atoms with Crippen LogP contribution >= 0.6 is 0 Å². The first-order valence-corrected chi connectivity index (χ1v) is 5.64. The van der Waals surface area contributed by atoms with E-state index in [-0.39, 0.29) is 6.10 Å². The summed E-state index contributed by atoms with van der Waals surface area (Å²) >= 11 is 0. The Morgan fingerprint density at radius 2 is 1.88 bits per heavy atom. The van der Waals surface area contributed by atoms with Gasteiger partial charge in [0.2, 0.25) is 0 Å². The molecule has 0 aliphatic carbocycles. The average Bonchev–Trinajstić information content (AvgIpc) is 2.29. The summed E-state index contributed by atoms with van der Waals surface area (Å²) in [7, 11) is 3.74. The van der Waals surface area contributed by atoms with Crippen LogP contribution in [0.1, 0.15) is 13.8 Å². The summed E-state index contributed by atoms with van der Waals surface area (Å²) in [5, 5.41) is 0. The van der Waals surface area contributed by atoms with Crippen molar-refractivity contribution in [2.24, 2.45) is 0 Å². The van der Waals surface area contributed by atoms with Crippen molar-refractivity contribution in [3.63, 3.8) is 0 Å². The van der Waals surface area contributed by atoms with Crippen LogP contribution in [0.5, 0.6) is 5.75 Å². The number of rotatable bonds is 6. The third-order valence-corrected chi connectivity index (χ3v) is 2.50. The Morgan fingerprint density at radius 3 is 2.38 bits per heavy atom. The summed E-state index contributed by atoms with van der Waals surface area (Å²) in [5.74, 6) is 0.884. The van der Waals surface area contributed by atoms with Crippen LogP contribution in [0.15, 0.2) is 24.3 Å². The zero-order chi connectivity index (χ0) is 12.0. The van der Waals surface area contributed by atoms with Crippen LogP contribution in [-0.2, 0) is 4.74 Å². The number of nitrogens with zero attached hydrogens (tertiary/aromatic N) is 1. The molecule has 90 valence electrons. The molecule has 0 amide bonds. The van der Waals surface area contributed by atoms with E-state index >= 15 is 0 Å². The van der Waals surface area contributed by atoms with Crippen LogP contribution < -0.4 is 9.64 Å². The smallest absolute Gasteiger partial charge is 0.119 e. The molecule has 0 spiro atoms. The van der Waals surface area contributed by atoms with Crippen molar-refractivity contribution in [1.82, 2.24) is 0 Å². The van der Waals surface area contributed by atoms with Gasteiger partial charge in [-0.25, -0.2) is 0 Å². The number of anilines is 1. The Morgan fingerprint density at radius 1 is 1.25 bits per heavy atom. The minimum atomic E-state index is 0.247. The fourth-order valence-electron chi connectivity index (χ4n) is 1.66. The molecule has 0 N–H and O–H groups in total. The maximum Gasteiger partial charge on any atom is 0.119 e. The molecule has 1 aromatic carbocycles. The van der Waals surface area contributed by atoms with Gasteiger partial charge >= 0.3 is 0 Å². The molecule has 0 heterocycles. The number of methoxy groups -OCH3 is 1. The largest absolute Gasteiger partial charge is 0.497 e. The quantitative estimate of drug-likeness (QED) is 0.740. The zero-order valence-corrected chi connectivity index (χ0v) is 10.6. The molecule has 3 heteroatoms. The Kier molecular flexibility index (Phi) is 5.12. The van der Waals surface area contributed by atoms with Crippen molar-refractivity contribution in [2.45, 2.75) is 20.0 Å². The Bertz CT molecular complexity index is 297. The molecule has 16 heavy (non-hydrogen) atoms. The first-order chi connectivity index (χ1) is 7.67. The van der Waals surface area contributed by atoms with Gasteiger partial charge in [-0.2, -0.15) is 0 Å². The van der Waals surface area contributed by atoms with Gasteiger partial charge in [0.1, 0.15) is 5.75 Å². The van der Waals surface area contributed by atoms with Gasteiger partial charge in [-0.05, 0) is 38.1 Å². The lowest BCUT2D eigenvalue weighted by atomic mass is 10.2. The van der Waals surface area contributed by atoms with Crippen molar-refractivity contribution in [2.75, 3.05) is 32.2 Å². The summed E-state index contributed by atoms with van der Waals surface area (Å²) in [4.78, 5) is 2.18. The molecule has 0 saturated heterocycles. The van der Waals surface area contributed by atoms with Gasteiger partial charge < -0.3 is 14.4 Å². The average molecular weight is 223 g/mol. The monoisotopic (exact) mass is 223 g/mol. The molecule has 1 aromatic rings. The van der Waals surface area contributed by atoms with Crippen molar-refractivity contribution in [3.8, 4) is 5.75 Å². The van der Waals surface area contributed by atoms with Crippen molar-refractivity contribution >= 4 is 5.69 Å². The van der Waals surface area contributed by atoms with E-state index in [1.54, 1.807) is 7.11 Å². The molecule has 0 fully saturated rings. The molecule has 0 saturated carbocycles. The SMILES string of the molecule is CCOC(C)CN(C)c1ccc(OC)cc1. The van der Waals surface area contributed by atoms with Crippen LogP contribution in [-0.4, -0.2) is 33.4 Å². The molecular formula is C13H21NO2. The predicted molar refractivity (Wildman–Crippen MR) is 67.4 cm³/mol. The molecule has 1 rings (SSSR count). The lowest BCUT2D eigenvalue weighted by Crippen LogP contribution is -2.28. The Balaban J connectivity index is 2.55. The van der Waals surface area contributed by atoms with Gasteiger partial charge in [0, 0.05) is 25.9 Å². The van der Waals surface area contributed by atoms with E-state index in [1.165, 1.54) is 5.69 Å². The van der Waals surface area contributed by atoms with Crippen molar-refractivity contribution in [3.05, 3.63) is 24.3 Å². The predicted octanol–water partition coefficient (Wildman–Crippen LogP) is 2.56. The van der Waals surface area contributed by atoms with Crippen LogP contribution in [0.4, 0.5) is 5.69 Å². The highest BCUT2D eigenvalue weighted by atomic mass is 16.5. The molecule has 0 aliphatic heterocycles. The van der Waals surface area contributed by atoms with E-state index in [4.69, 9.17) is 9.47 Å². The summed E-state index contributed by atoms with van der Waals surface area (Å²) in [6.07, 6.45) is 0.247. The number of hydrogen-bond acceptors (Lipinski definition) is 3. The molecule has 0 aromatic heterocycles. The molecule has 0 radical (unpaired) electrons. The second-order valence-corrected chi connectivity index (χ2v) is 3.84. The number of benzene rings is 1. The maximum atomic E-state index is 5.51. The van der Waals surface area contributed by atoms with Crippen molar-refractivity contribution in [1.29, 1.82) is 0 Å². The van der Waals surface area contributed by atoms with E-state index in [2.05, 4.69) is 31.0 Å². The summed E-state index contributed by atoms with van der Waals surface area (Å²) in [6, 6.07) is 8.04. The molecule has 3 nitrogen and oxygen atoms in total. The fraction of sp³-hybridized carbons (Fsp3) is 0.538. The van der Waals surface area contributed by atoms with E-state index in [0.717, 1.165) is 18.9 Å². The second-order valence-electron chi connectivity index (χ2n) is 3.84. The molecule has 0 aliphatic rings. The van der Waals surface area contributed by atoms with E-state index < -0.39 is 0 Å². The number of hydrogen-bond donors (Lipinski definition) is 0. The normalized spacial score (nSPS) is 12.2. The number of likely N-dealkylation sites (N-methyl/N-ethyl adjacent to an activating group) is 1. The van der Waals surface area contributed by atoms with Crippen LogP contribution in [0.2, 0.25) is 0 Å².